The zero-order valence-corrected chi connectivity index (χ0v) is 15.5. The summed E-state index contributed by atoms with van der Waals surface area (Å²) in [7, 11) is 4.54. The largest absolute Gasteiger partial charge is 0.493 e. The van der Waals surface area contributed by atoms with Gasteiger partial charge in [-0.1, -0.05) is 0 Å². The molecule has 0 aromatic heterocycles. The Morgan fingerprint density at radius 2 is 1.54 bits per heavy atom. The molecule has 0 radical (unpaired) electrons. The van der Waals surface area contributed by atoms with E-state index in [-0.39, 0.29) is 12.6 Å². The Balaban J connectivity index is 2.07. The number of methoxy groups -OCH3 is 3. The van der Waals surface area contributed by atoms with Crippen LogP contribution in [0.15, 0.2) is 24.3 Å². The van der Waals surface area contributed by atoms with Crippen LogP contribution in [0.3, 0.4) is 0 Å². The van der Waals surface area contributed by atoms with Crippen LogP contribution in [0.1, 0.15) is 15.9 Å². The van der Waals surface area contributed by atoms with E-state index in [9.17, 15) is 4.79 Å². The molecule has 7 heteroatoms. The molecular weight excluding hydrogens is 427 g/mol. The first-order valence-corrected chi connectivity index (χ1v) is 8.10. The van der Waals surface area contributed by atoms with E-state index in [1.54, 1.807) is 24.3 Å². The molecule has 2 aromatic carbocycles. The third-order valence-corrected chi connectivity index (χ3v) is 4.53. The van der Waals surface area contributed by atoms with Crippen molar-refractivity contribution >= 4 is 28.4 Å². The molecule has 3 rings (SSSR count). The summed E-state index contributed by atoms with van der Waals surface area (Å²) < 4.78 is 27.4. The molecule has 0 N–H and O–H groups in total. The van der Waals surface area contributed by atoms with Crippen molar-refractivity contribution < 1.29 is 28.5 Å². The van der Waals surface area contributed by atoms with E-state index in [4.69, 9.17) is 23.7 Å². The van der Waals surface area contributed by atoms with E-state index in [0.717, 1.165) is 3.57 Å². The fourth-order valence-corrected chi connectivity index (χ4v) is 3.14. The van der Waals surface area contributed by atoms with Crippen LogP contribution in [-0.2, 0) is 0 Å². The van der Waals surface area contributed by atoms with Crippen LogP contribution in [0, 0.1) is 3.57 Å². The summed E-state index contributed by atoms with van der Waals surface area (Å²) in [6.07, 6.45) is 0. The summed E-state index contributed by atoms with van der Waals surface area (Å²) in [5, 5.41) is 0. The van der Waals surface area contributed by atoms with Gasteiger partial charge in [-0.3, -0.25) is 4.79 Å². The molecule has 1 aliphatic rings. The van der Waals surface area contributed by atoms with E-state index in [1.165, 1.54) is 21.3 Å². The molecule has 1 aliphatic heterocycles. The maximum atomic E-state index is 12.9. The van der Waals surface area contributed by atoms with Gasteiger partial charge in [-0.25, -0.2) is 0 Å². The van der Waals surface area contributed by atoms with Gasteiger partial charge >= 0.3 is 0 Å². The fraction of sp³-hybridized carbons (Fsp3) is 0.235. The Labute approximate surface area is 152 Å². The lowest BCUT2D eigenvalue weighted by atomic mass is 10.0. The van der Waals surface area contributed by atoms with Crippen molar-refractivity contribution in [2.45, 2.75) is 0 Å². The van der Waals surface area contributed by atoms with Crippen LogP contribution in [0.25, 0.3) is 0 Å². The molecule has 2 aromatic rings. The van der Waals surface area contributed by atoms with Gasteiger partial charge in [0.05, 0.1) is 21.3 Å². The lowest BCUT2D eigenvalue weighted by molar-refractivity contribution is 0.103. The van der Waals surface area contributed by atoms with Gasteiger partial charge < -0.3 is 23.7 Å². The topological polar surface area (TPSA) is 63.2 Å². The summed E-state index contributed by atoms with van der Waals surface area (Å²) in [5.74, 6) is 2.33. The molecule has 0 aliphatic carbocycles. The van der Waals surface area contributed by atoms with Crippen LogP contribution >= 0.6 is 22.6 Å². The smallest absolute Gasteiger partial charge is 0.231 e. The zero-order chi connectivity index (χ0) is 17.3. The highest BCUT2D eigenvalue weighted by Gasteiger charge is 2.23. The highest BCUT2D eigenvalue weighted by Crippen LogP contribution is 2.40. The zero-order valence-electron chi connectivity index (χ0n) is 13.3. The van der Waals surface area contributed by atoms with Crippen LogP contribution in [-0.4, -0.2) is 33.9 Å². The quantitative estimate of drug-likeness (QED) is 0.524. The number of halogens is 1. The second kappa shape index (κ2) is 6.76. The summed E-state index contributed by atoms with van der Waals surface area (Å²) in [6, 6.07) is 6.73. The minimum Gasteiger partial charge on any atom is -0.493 e. The van der Waals surface area contributed by atoms with Crippen LogP contribution in [0.5, 0.6) is 28.7 Å². The summed E-state index contributed by atoms with van der Waals surface area (Å²) in [5.41, 5.74) is 0.954. The summed E-state index contributed by atoms with van der Waals surface area (Å²) in [4.78, 5) is 12.9. The third kappa shape index (κ3) is 2.83. The monoisotopic (exact) mass is 442 g/mol. The van der Waals surface area contributed by atoms with Gasteiger partial charge in [0.2, 0.25) is 12.5 Å². The molecule has 1 heterocycles. The first-order valence-electron chi connectivity index (χ1n) is 7.03. The maximum Gasteiger partial charge on any atom is 0.231 e. The standard InChI is InChI=1S/C17H15IO6/c1-20-14-4-9(5-15(21-2)17(14)22-3)16(19)10-6-12-13(7-11(10)18)24-8-23-12/h4-7H,8H2,1-3H3. The molecule has 24 heavy (non-hydrogen) atoms. The van der Waals surface area contributed by atoms with Crippen LogP contribution < -0.4 is 23.7 Å². The Bertz CT molecular complexity index is 777. The normalized spacial score (nSPS) is 12.0. The van der Waals surface area contributed by atoms with Crippen molar-refractivity contribution in [3.63, 3.8) is 0 Å². The number of hydrogen-bond acceptors (Lipinski definition) is 6. The molecule has 0 amide bonds. The van der Waals surface area contributed by atoms with Crippen LogP contribution in [0.2, 0.25) is 0 Å². The van der Waals surface area contributed by atoms with Gasteiger partial charge in [-0.2, -0.15) is 0 Å². The van der Waals surface area contributed by atoms with Gasteiger partial charge in [0.1, 0.15) is 0 Å². The van der Waals surface area contributed by atoms with Gasteiger partial charge in [0.15, 0.2) is 28.8 Å². The second-order valence-electron chi connectivity index (χ2n) is 4.93. The number of fused-ring (bicyclic) bond motifs is 1. The minimum atomic E-state index is -0.169. The summed E-state index contributed by atoms with van der Waals surface area (Å²) >= 11 is 2.10. The number of benzene rings is 2. The molecule has 0 unspecified atom stereocenters. The van der Waals surface area contributed by atoms with Crippen molar-refractivity contribution in [2.24, 2.45) is 0 Å². The lowest BCUT2D eigenvalue weighted by Crippen LogP contribution is -2.06. The maximum absolute atomic E-state index is 12.9. The molecule has 0 fully saturated rings. The molecular formula is C17H15IO6. The van der Waals surface area contributed by atoms with Gasteiger partial charge in [-0.05, 0) is 46.9 Å². The third-order valence-electron chi connectivity index (χ3n) is 3.63. The summed E-state index contributed by atoms with van der Waals surface area (Å²) in [6.45, 7) is 0.160. The molecule has 126 valence electrons. The molecule has 0 saturated carbocycles. The second-order valence-corrected chi connectivity index (χ2v) is 6.09. The van der Waals surface area contributed by atoms with E-state index < -0.39 is 0 Å². The average molecular weight is 442 g/mol. The van der Waals surface area contributed by atoms with Crippen molar-refractivity contribution in [1.29, 1.82) is 0 Å². The molecule has 0 saturated heterocycles. The number of carbonyl (C=O) groups excluding carboxylic acids is 1. The molecule has 0 atom stereocenters. The Morgan fingerprint density at radius 1 is 0.958 bits per heavy atom. The fourth-order valence-electron chi connectivity index (χ4n) is 2.46. The van der Waals surface area contributed by atoms with E-state index in [1.807, 2.05) is 0 Å². The Kier molecular flexibility index (Phi) is 4.70. The van der Waals surface area contributed by atoms with Crippen LogP contribution in [0.4, 0.5) is 0 Å². The number of carbonyl (C=O) groups is 1. The van der Waals surface area contributed by atoms with Crippen molar-refractivity contribution in [3.8, 4) is 28.7 Å². The number of rotatable bonds is 5. The minimum absolute atomic E-state index is 0.160. The average Bonchev–Trinajstić information content (AvgIpc) is 3.06. The highest BCUT2D eigenvalue weighted by molar-refractivity contribution is 14.1. The van der Waals surface area contributed by atoms with Gasteiger partial charge in [-0.15, -0.1) is 0 Å². The number of hydrogen-bond donors (Lipinski definition) is 0. The molecule has 0 bridgehead atoms. The number of ketones is 1. The van der Waals surface area contributed by atoms with E-state index in [0.29, 0.717) is 39.9 Å². The van der Waals surface area contributed by atoms with Crippen molar-refractivity contribution in [2.75, 3.05) is 28.1 Å². The number of ether oxygens (including phenoxy) is 5. The molecule has 0 spiro atoms. The Hall–Kier alpha value is -2.16. The van der Waals surface area contributed by atoms with E-state index >= 15 is 0 Å². The lowest BCUT2D eigenvalue weighted by Gasteiger charge is -2.14. The van der Waals surface area contributed by atoms with E-state index in [2.05, 4.69) is 22.6 Å². The highest BCUT2D eigenvalue weighted by atomic mass is 127. The van der Waals surface area contributed by atoms with Gasteiger partial charge in [0, 0.05) is 14.7 Å². The predicted molar refractivity (Wildman–Crippen MR) is 94.8 cm³/mol. The van der Waals surface area contributed by atoms with Gasteiger partial charge in [0.25, 0.3) is 0 Å². The first-order chi connectivity index (χ1) is 11.6. The van der Waals surface area contributed by atoms with Crippen molar-refractivity contribution in [1.82, 2.24) is 0 Å². The Morgan fingerprint density at radius 3 is 2.08 bits per heavy atom. The predicted octanol–water partition coefficient (Wildman–Crippen LogP) is 3.28. The SMILES string of the molecule is COc1cc(C(=O)c2cc3c(cc2I)OCO3)cc(OC)c1OC. The molecule has 6 nitrogen and oxygen atoms in total. The first kappa shape index (κ1) is 16.7. The van der Waals surface area contributed by atoms with Crippen molar-refractivity contribution in [3.05, 3.63) is 39.0 Å².